The molecular formula is C18H14ClN3O3S. The third kappa shape index (κ3) is 4.19. The van der Waals surface area contributed by atoms with Gasteiger partial charge in [-0.3, -0.25) is 14.8 Å². The Hall–Kier alpha value is -2.90. The van der Waals surface area contributed by atoms with Crippen LogP contribution in [0.3, 0.4) is 0 Å². The van der Waals surface area contributed by atoms with Gasteiger partial charge in [0.25, 0.3) is 0 Å². The second-order valence-electron chi connectivity index (χ2n) is 5.35. The number of nitrogens with zero attached hydrogens (tertiary/aromatic N) is 2. The minimum atomic E-state index is -1.02. The Morgan fingerprint density at radius 3 is 2.73 bits per heavy atom. The average Bonchev–Trinajstić information content (AvgIpc) is 2.90. The zero-order valence-electron chi connectivity index (χ0n) is 13.4. The molecule has 6 nitrogen and oxygen atoms in total. The van der Waals surface area contributed by atoms with Crippen molar-refractivity contribution in [3.8, 4) is 0 Å². The number of nitrogens with one attached hydrogen (secondary N) is 1. The molecule has 1 aromatic heterocycles. The molecule has 0 radical (unpaired) electrons. The highest BCUT2D eigenvalue weighted by Gasteiger charge is 2.13. The summed E-state index contributed by atoms with van der Waals surface area (Å²) in [5, 5.41) is 13.4. The zero-order valence-corrected chi connectivity index (χ0v) is 15.0. The Balaban J connectivity index is 1.79. The molecule has 0 spiro atoms. The minimum Gasteiger partial charge on any atom is -0.478 e. The fourth-order valence-electron chi connectivity index (χ4n) is 2.28. The van der Waals surface area contributed by atoms with Crippen LogP contribution in [0, 0.1) is 0 Å². The summed E-state index contributed by atoms with van der Waals surface area (Å²) in [7, 11) is 0. The van der Waals surface area contributed by atoms with Crippen LogP contribution in [0.4, 0.5) is 5.69 Å². The Labute approximate surface area is 158 Å². The molecular weight excluding hydrogens is 374 g/mol. The summed E-state index contributed by atoms with van der Waals surface area (Å²) in [5.74, 6) is -1.02. The summed E-state index contributed by atoms with van der Waals surface area (Å²) in [5.41, 5.74) is 4.52. The molecule has 1 heterocycles. The first-order chi connectivity index (χ1) is 12.5. The van der Waals surface area contributed by atoms with E-state index >= 15 is 0 Å². The number of aromatic nitrogens is 1. The third-order valence-electron chi connectivity index (χ3n) is 3.52. The van der Waals surface area contributed by atoms with Crippen LogP contribution in [0.5, 0.6) is 0 Å². The van der Waals surface area contributed by atoms with Gasteiger partial charge < -0.3 is 5.11 Å². The Bertz CT molecular complexity index is 1010. The second kappa shape index (κ2) is 7.99. The number of hydrazone groups is 1. The molecule has 3 rings (SSSR count). The number of anilines is 1. The van der Waals surface area contributed by atoms with Crippen LogP contribution in [-0.2, 0) is 6.54 Å². The number of hydrogen-bond donors (Lipinski definition) is 2. The third-order valence-corrected chi connectivity index (χ3v) is 4.96. The van der Waals surface area contributed by atoms with E-state index in [1.165, 1.54) is 22.9 Å². The lowest BCUT2D eigenvalue weighted by Crippen LogP contribution is -2.14. The van der Waals surface area contributed by atoms with Crippen LogP contribution in [0.25, 0.3) is 0 Å². The van der Waals surface area contributed by atoms with Crippen molar-refractivity contribution < 1.29 is 9.90 Å². The van der Waals surface area contributed by atoms with Gasteiger partial charge in [0, 0.05) is 0 Å². The molecule has 0 aliphatic heterocycles. The van der Waals surface area contributed by atoms with Gasteiger partial charge in [0.2, 0.25) is 0 Å². The maximum absolute atomic E-state index is 12.2. The molecule has 132 valence electrons. The van der Waals surface area contributed by atoms with Gasteiger partial charge in [0.05, 0.1) is 28.9 Å². The molecule has 0 saturated carbocycles. The smallest absolute Gasteiger partial charge is 0.335 e. The molecule has 26 heavy (non-hydrogen) atoms. The van der Waals surface area contributed by atoms with Crippen LogP contribution >= 0.6 is 22.9 Å². The lowest BCUT2D eigenvalue weighted by molar-refractivity contribution is 0.0696. The van der Waals surface area contributed by atoms with Crippen molar-refractivity contribution in [3.05, 3.63) is 85.4 Å². The van der Waals surface area contributed by atoms with Crippen LogP contribution < -0.4 is 10.3 Å². The highest BCUT2D eigenvalue weighted by Crippen LogP contribution is 2.19. The van der Waals surface area contributed by atoms with Crippen molar-refractivity contribution in [2.75, 3.05) is 5.43 Å². The number of thiazole rings is 1. The van der Waals surface area contributed by atoms with E-state index in [1.807, 2.05) is 30.3 Å². The number of carboxylic acids is 1. The van der Waals surface area contributed by atoms with Crippen molar-refractivity contribution >= 4 is 40.8 Å². The van der Waals surface area contributed by atoms with Gasteiger partial charge in [-0.1, -0.05) is 53.3 Å². The molecule has 2 N–H and O–H groups in total. The lowest BCUT2D eigenvalue weighted by Gasteiger charge is -2.05. The second-order valence-corrected chi connectivity index (χ2v) is 6.70. The maximum Gasteiger partial charge on any atom is 0.335 e. The lowest BCUT2D eigenvalue weighted by atomic mass is 10.1. The highest BCUT2D eigenvalue weighted by atomic mass is 35.5. The van der Waals surface area contributed by atoms with Crippen LogP contribution in [0.15, 0.2) is 64.5 Å². The monoisotopic (exact) mass is 387 g/mol. The summed E-state index contributed by atoms with van der Waals surface area (Å²) in [4.78, 5) is 23.6. The Kier molecular flexibility index (Phi) is 5.50. The molecule has 0 bridgehead atoms. The molecule has 2 aromatic carbocycles. The van der Waals surface area contributed by atoms with Gasteiger partial charge in [-0.25, -0.2) is 4.79 Å². The minimum absolute atomic E-state index is 0.163. The van der Waals surface area contributed by atoms with E-state index in [0.29, 0.717) is 10.4 Å². The van der Waals surface area contributed by atoms with Crippen LogP contribution in [0.1, 0.15) is 20.8 Å². The van der Waals surface area contributed by atoms with E-state index in [-0.39, 0.29) is 22.1 Å². The van der Waals surface area contributed by atoms with Gasteiger partial charge in [-0.2, -0.15) is 5.10 Å². The van der Waals surface area contributed by atoms with Crippen molar-refractivity contribution in [1.29, 1.82) is 0 Å². The van der Waals surface area contributed by atoms with Gasteiger partial charge in [-0.15, -0.1) is 0 Å². The van der Waals surface area contributed by atoms with E-state index in [9.17, 15) is 9.59 Å². The first-order valence-electron chi connectivity index (χ1n) is 7.60. The van der Waals surface area contributed by atoms with Crippen LogP contribution in [0.2, 0.25) is 5.15 Å². The normalized spacial score (nSPS) is 11.0. The maximum atomic E-state index is 12.2. The largest absolute Gasteiger partial charge is 0.478 e. The summed E-state index contributed by atoms with van der Waals surface area (Å²) in [6.07, 6.45) is 1.49. The number of aromatic carboxylic acids is 1. The Morgan fingerprint density at radius 1 is 1.23 bits per heavy atom. The van der Waals surface area contributed by atoms with Gasteiger partial charge in [0.15, 0.2) is 0 Å². The van der Waals surface area contributed by atoms with Crippen molar-refractivity contribution in [1.82, 2.24) is 4.57 Å². The first kappa shape index (κ1) is 17.9. The predicted molar refractivity (Wildman–Crippen MR) is 104 cm³/mol. The van der Waals surface area contributed by atoms with E-state index in [2.05, 4.69) is 10.5 Å². The summed E-state index contributed by atoms with van der Waals surface area (Å²) in [6.45, 7) is 0.190. The number of halogens is 1. The number of para-hydroxylation sites is 1. The number of hydrogen-bond acceptors (Lipinski definition) is 5. The molecule has 0 amide bonds. The fraction of sp³-hybridized carbons (Fsp3) is 0.0556. The SMILES string of the molecule is O=C(O)c1cccc(Cn2c(Cl)c(/C=N\Nc3ccccc3)sc2=O)c1. The molecule has 3 aromatic rings. The van der Waals surface area contributed by atoms with E-state index in [4.69, 9.17) is 16.7 Å². The topological polar surface area (TPSA) is 83.7 Å². The highest BCUT2D eigenvalue weighted by molar-refractivity contribution is 7.11. The summed E-state index contributed by atoms with van der Waals surface area (Å²) in [6, 6.07) is 15.8. The average molecular weight is 388 g/mol. The standard InChI is InChI=1S/C18H14ClN3O3S/c19-16-15(10-20-21-14-7-2-1-3-8-14)26-18(25)22(16)11-12-5-4-6-13(9-12)17(23)24/h1-10,21H,11H2,(H,23,24)/b20-10-. The van der Waals surface area contributed by atoms with Crippen LogP contribution in [-0.4, -0.2) is 21.9 Å². The van der Waals surface area contributed by atoms with Gasteiger partial charge >= 0.3 is 10.8 Å². The fourth-order valence-corrected chi connectivity index (χ4v) is 3.39. The van der Waals surface area contributed by atoms with Crippen molar-refractivity contribution in [2.24, 2.45) is 5.10 Å². The zero-order chi connectivity index (χ0) is 18.5. The molecule has 0 aliphatic rings. The number of carboxylic acid groups (broad SMARTS) is 1. The van der Waals surface area contributed by atoms with Gasteiger partial charge in [0.1, 0.15) is 5.15 Å². The predicted octanol–water partition coefficient (Wildman–Crippen LogP) is 3.76. The van der Waals surface area contributed by atoms with Gasteiger partial charge in [-0.05, 0) is 29.8 Å². The number of rotatable bonds is 6. The van der Waals surface area contributed by atoms with E-state index < -0.39 is 5.97 Å². The van der Waals surface area contributed by atoms with E-state index in [1.54, 1.807) is 12.1 Å². The summed E-state index contributed by atoms with van der Waals surface area (Å²) < 4.78 is 1.39. The quantitative estimate of drug-likeness (QED) is 0.498. The molecule has 0 atom stereocenters. The molecule has 8 heteroatoms. The number of carbonyl (C=O) groups is 1. The first-order valence-corrected chi connectivity index (χ1v) is 8.79. The summed E-state index contributed by atoms with van der Waals surface area (Å²) >= 11 is 7.28. The molecule has 0 unspecified atom stereocenters. The van der Waals surface area contributed by atoms with Crippen molar-refractivity contribution in [3.63, 3.8) is 0 Å². The Morgan fingerprint density at radius 2 is 2.00 bits per heavy atom. The molecule has 0 saturated heterocycles. The molecule has 0 aliphatic carbocycles. The molecule has 0 fully saturated rings. The van der Waals surface area contributed by atoms with E-state index in [0.717, 1.165) is 17.0 Å². The number of benzene rings is 2. The van der Waals surface area contributed by atoms with Crippen molar-refractivity contribution in [2.45, 2.75) is 6.54 Å².